The van der Waals surface area contributed by atoms with Gasteiger partial charge < -0.3 is 19.5 Å². The smallest absolute Gasteiger partial charge is 0.337 e. The third-order valence-corrected chi connectivity index (χ3v) is 3.57. The molecule has 0 fully saturated rings. The lowest BCUT2D eigenvalue weighted by molar-refractivity contribution is -0.146. The fourth-order valence-corrected chi connectivity index (χ4v) is 2.15. The van der Waals surface area contributed by atoms with Crippen LogP contribution in [-0.4, -0.2) is 51.2 Å². The minimum absolute atomic E-state index is 0.0707. The van der Waals surface area contributed by atoms with Crippen molar-refractivity contribution in [3.05, 3.63) is 35.4 Å². The highest BCUT2D eigenvalue weighted by Crippen LogP contribution is 2.13. The van der Waals surface area contributed by atoms with E-state index in [0.29, 0.717) is 0 Å². The molecule has 1 amide bonds. The zero-order chi connectivity index (χ0) is 19.0. The Morgan fingerprint density at radius 2 is 1.64 bits per heavy atom. The first-order valence-electron chi connectivity index (χ1n) is 7.47. The van der Waals surface area contributed by atoms with Crippen LogP contribution >= 0.6 is 0 Å². The van der Waals surface area contributed by atoms with Crippen molar-refractivity contribution in [2.75, 3.05) is 21.3 Å². The molecule has 0 spiro atoms. The summed E-state index contributed by atoms with van der Waals surface area (Å²) in [5, 5.41) is 2.52. The molecule has 8 heteroatoms. The third-order valence-electron chi connectivity index (χ3n) is 3.57. The molecule has 136 valence electrons. The molecular weight excluding hydrogens is 330 g/mol. The molecule has 1 N–H and O–H groups in total. The molecule has 1 aromatic rings. The number of nitrogens with one attached hydrogen (secondary N) is 1. The number of methoxy groups -OCH3 is 3. The van der Waals surface area contributed by atoms with Crippen molar-refractivity contribution in [2.24, 2.45) is 5.92 Å². The van der Waals surface area contributed by atoms with Gasteiger partial charge in [0.2, 0.25) is 0 Å². The molecule has 1 rings (SSSR count). The number of amides is 1. The van der Waals surface area contributed by atoms with E-state index in [1.165, 1.54) is 45.6 Å². The highest BCUT2D eigenvalue weighted by molar-refractivity contribution is 5.99. The number of hydrogen-bond donors (Lipinski definition) is 1. The summed E-state index contributed by atoms with van der Waals surface area (Å²) in [6.45, 7) is 1.61. The van der Waals surface area contributed by atoms with E-state index in [2.05, 4.69) is 19.5 Å². The molecule has 0 aliphatic rings. The first kappa shape index (κ1) is 20.1. The van der Waals surface area contributed by atoms with Gasteiger partial charge in [-0.2, -0.15) is 0 Å². The van der Waals surface area contributed by atoms with Crippen LogP contribution in [0.1, 0.15) is 34.1 Å². The van der Waals surface area contributed by atoms with Gasteiger partial charge in [-0.05, 0) is 24.1 Å². The summed E-state index contributed by atoms with van der Waals surface area (Å²) >= 11 is 0. The van der Waals surface area contributed by atoms with E-state index >= 15 is 0 Å². The Balaban J connectivity index is 2.96. The van der Waals surface area contributed by atoms with Crippen LogP contribution in [0.15, 0.2) is 24.3 Å². The average Bonchev–Trinajstić information content (AvgIpc) is 2.64. The number of ether oxygens (including phenoxy) is 3. The number of hydrogen-bond acceptors (Lipinski definition) is 7. The summed E-state index contributed by atoms with van der Waals surface area (Å²) in [7, 11) is 3.65. The minimum Gasteiger partial charge on any atom is -0.469 e. The molecule has 0 heterocycles. The van der Waals surface area contributed by atoms with Gasteiger partial charge in [-0.15, -0.1) is 0 Å². The Bertz CT molecular complexity index is 656. The Hall–Kier alpha value is -2.90. The number of carbonyl (C=O) groups excluding carboxylic acids is 4. The standard InChI is InChI=1S/C17H21NO7/c1-10(8-13(19)23-2)14(17(22)25-4)18-15(20)11-6-5-7-12(9-11)16(21)24-3/h5-7,9-10,14H,8H2,1-4H3,(H,18,20)/t10-,14-/m1/s1. The van der Waals surface area contributed by atoms with Gasteiger partial charge in [-0.1, -0.05) is 13.0 Å². The average molecular weight is 351 g/mol. The molecule has 0 saturated carbocycles. The van der Waals surface area contributed by atoms with E-state index in [0.717, 1.165) is 0 Å². The molecule has 0 radical (unpaired) electrons. The van der Waals surface area contributed by atoms with Crippen molar-refractivity contribution in [1.82, 2.24) is 5.32 Å². The Morgan fingerprint density at radius 1 is 1.00 bits per heavy atom. The van der Waals surface area contributed by atoms with Crippen LogP contribution in [0, 0.1) is 5.92 Å². The van der Waals surface area contributed by atoms with Crippen LogP contribution in [0.5, 0.6) is 0 Å². The monoisotopic (exact) mass is 351 g/mol. The zero-order valence-electron chi connectivity index (χ0n) is 14.5. The van der Waals surface area contributed by atoms with Gasteiger partial charge in [0, 0.05) is 5.56 Å². The number of benzene rings is 1. The van der Waals surface area contributed by atoms with E-state index in [9.17, 15) is 19.2 Å². The molecule has 0 unspecified atom stereocenters. The van der Waals surface area contributed by atoms with Crippen molar-refractivity contribution < 1.29 is 33.4 Å². The molecule has 0 saturated heterocycles. The van der Waals surface area contributed by atoms with Crippen LogP contribution in [0.4, 0.5) is 0 Å². The van der Waals surface area contributed by atoms with E-state index in [-0.39, 0.29) is 17.5 Å². The maximum Gasteiger partial charge on any atom is 0.337 e. The maximum absolute atomic E-state index is 12.4. The molecule has 8 nitrogen and oxygen atoms in total. The normalized spacial score (nSPS) is 12.5. The summed E-state index contributed by atoms with van der Waals surface area (Å²) in [4.78, 5) is 47.3. The van der Waals surface area contributed by atoms with Gasteiger partial charge in [-0.25, -0.2) is 9.59 Å². The van der Waals surface area contributed by atoms with E-state index in [1.54, 1.807) is 6.92 Å². The van der Waals surface area contributed by atoms with E-state index in [4.69, 9.17) is 0 Å². The molecule has 0 aromatic heterocycles. The zero-order valence-corrected chi connectivity index (χ0v) is 14.5. The van der Waals surface area contributed by atoms with Gasteiger partial charge >= 0.3 is 17.9 Å². The highest BCUT2D eigenvalue weighted by atomic mass is 16.5. The minimum atomic E-state index is -1.04. The lowest BCUT2D eigenvalue weighted by atomic mass is 9.97. The summed E-state index contributed by atoms with van der Waals surface area (Å²) in [5.74, 6) is -2.92. The molecule has 2 atom stereocenters. The van der Waals surface area contributed by atoms with Crippen LogP contribution in [-0.2, 0) is 23.8 Å². The van der Waals surface area contributed by atoms with Crippen molar-refractivity contribution in [1.29, 1.82) is 0 Å². The summed E-state index contributed by atoms with van der Waals surface area (Å²) in [5.41, 5.74) is 0.370. The largest absolute Gasteiger partial charge is 0.469 e. The molecule has 0 aliphatic carbocycles. The Morgan fingerprint density at radius 3 is 2.20 bits per heavy atom. The topological polar surface area (TPSA) is 108 Å². The second kappa shape index (κ2) is 9.41. The summed E-state index contributed by atoms with van der Waals surface area (Å²) in [6, 6.07) is 4.81. The third kappa shape index (κ3) is 5.59. The second-order valence-electron chi connectivity index (χ2n) is 5.30. The lowest BCUT2D eigenvalue weighted by Crippen LogP contribution is -2.46. The van der Waals surface area contributed by atoms with Crippen LogP contribution in [0.25, 0.3) is 0 Å². The summed E-state index contributed by atoms with van der Waals surface area (Å²) in [6.07, 6.45) is -0.0707. The number of esters is 3. The number of rotatable bonds is 7. The second-order valence-corrected chi connectivity index (χ2v) is 5.30. The van der Waals surface area contributed by atoms with Crippen molar-refractivity contribution in [2.45, 2.75) is 19.4 Å². The fourth-order valence-electron chi connectivity index (χ4n) is 2.15. The molecule has 1 aromatic carbocycles. The lowest BCUT2D eigenvalue weighted by Gasteiger charge is -2.22. The maximum atomic E-state index is 12.4. The Labute approximate surface area is 145 Å². The van der Waals surface area contributed by atoms with Gasteiger partial charge in [0.25, 0.3) is 5.91 Å². The van der Waals surface area contributed by atoms with Gasteiger partial charge in [-0.3, -0.25) is 9.59 Å². The van der Waals surface area contributed by atoms with E-state index < -0.39 is 35.8 Å². The van der Waals surface area contributed by atoms with Crippen LogP contribution in [0.2, 0.25) is 0 Å². The van der Waals surface area contributed by atoms with Gasteiger partial charge in [0.05, 0.1) is 33.3 Å². The van der Waals surface area contributed by atoms with Crippen molar-refractivity contribution in [3.8, 4) is 0 Å². The number of carbonyl (C=O) groups is 4. The highest BCUT2D eigenvalue weighted by Gasteiger charge is 2.30. The molecule has 0 bridgehead atoms. The molecule has 25 heavy (non-hydrogen) atoms. The predicted octanol–water partition coefficient (Wildman–Crippen LogP) is 0.944. The van der Waals surface area contributed by atoms with E-state index in [1.807, 2.05) is 0 Å². The van der Waals surface area contributed by atoms with Crippen LogP contribution in [0.3, 0.4) is 0 Å². The van der Waals surface area contributed by atoms with Crippen LogP contribution < -0.4 is 5.32 Å². The first-order valence-corrected chi connectivity index (χ1v) is 7.47. The Kier molecular flexibility index (Phi) is 7.58. The SMILES string of the molecule is COC(=O)C[C@@H](C)[C@@H](NC(=O)c1cccc(C(=O)OC)c1)C(=O)OC. The molecular formula is C17H21NO7. The predicted molar refractivity (Wildman–Crippen MR) is 86.8 cm³/mol. The van der Waals surface area contributed by atoms with Gasteiger partial charge in [0.15, 0.2) is 0 Å². The quantitative estimate of drug-likeness (QED) is 0.575. The van der Waals surface area contributed by atoms with Crippen molar-refractivity contribution in [3.63, 3.8) is 0 Å². The van der Waals surface area contributed by atoms with Crippen molar-refractivity contribution >= 4 is 23.8 Å². The fraction of sp³-hybridized carbons (Fsp3) is 0.412. The summed E-state index contributed by atoms with van der Waals surface area (Å²) < 4.78 is 13.9. The molecule has 0 aliphatic heterocycles. The van der Waals surface area contributed by atoms with Gasteiger partial charge in [0.1, 0.15) is 6.04 Å². The first-order chi connectivity index (χ1) is 11.8.